The Morgan fingerprint density at radius 1 is 1.00 bits per heavy atom. The summed E-state index contributed by atoms with van der Waals surface area (Å²) in [6, 6.07) is 12.1. The van der Waals surface area contributed by atoms with Gasteiger partial charge in [-0.15, -0.1) is 0 Å². The summed E-state index contributed by atoms with van der Waals surface area (Å²) in [4.78, 5) is 28.4. The Morgan fingerprint density at radius 3 is 2.32 bits per heavy atom. The van der Waals surface area contributed by atoms with Crippen LogP contribution in [0.4, 0.5) is 4.39 Å². The van der Waals surface area contributed by atoms with Crippen LogP contribution in [0.1, 0.15) is 16.7 Å². The lowest BCUT2D eigenvalue weighted by molar-refractivity contribution is -0.121. The quantitative estimate of drug-likeness (QED) is 0.396. The first-order chi connectivity index (χ1) is 14.9. The van der Waals surface area contributed by atoms with E-state index >= 15 is 0 Å². The van der Waals surface area contributed by atoms with Gasteiger partial charge in [-0.3, -0.25) is 14.2 Å². The fraction of sp³-hybridized carbons (Fsp3) is 0.261. The molecule has 0 unspecified atom stereocenters. The highest BCUT2D eigenvalue weighted by Crippen LogP contribution is 2.22. The molecule has 2 amide bonds. The summed E-state index contributed by atoms with van der Waals surface area (Å²) < 4.78 is 14.9. The number of imidazole rings is 1. The average Bonchev–Trinajstić information content (AvgIpc) is 3.19. The zero-order valence-electron chi connectivity index (χ0n) is 17.5. The number of carbonyl (C=O) groups is 2. The van der Waals surface area contributed by atoms with Crippen LogP contribution in [0.3, 0.4) is 0 Å². The summed E-state index contributed by atoms with van der Waals surface area (Å²) in [6.45, 7) is 4.76. The lowest BCUT2D eigenvalue weighted by atomic mass is 10.1. The van der Waals surface area contributed by atoms with Crippen LogP contribution < -0.4 is 10.6 Å². The summed E-state index contributed by atoms with van der Waals surface area (Å²) in [5.74, 6) is -0.412. The number of benzene rings is 2. The zero-order valence-corrected chi connectivity index (χ0v) is 18.3. The van der Waals surface area contributed by atoms with Crippen LogP contribution in [0.5, 0.6) is 0 Å². The molecule has 0 saturated carbocycles. The molecule has 0 fully saturated rings. The van der Waals surface area contributed by atoms with Crippen LogP contribution in [0.2, 0.25) is 0 Å². The van der Waals surface area contributed by atoms with Gasteiger partial charge >= 0.3 is 0 Å². The van der Waals surface area contributed by atoms with Gasteiger partial charge in [0.05, 0.1) is 12.2 Å². The van der Waals surface area contributed by atoms with Crippen molar-refractivity contribution in [2.75, 3.05) is 18.8 Å². The smallest absolute Gasteiger partial charge is 0.230 e. The predicted octanol–water partition coefficient (Wildman–Crippen LogP) is 3.20. The third-order valence-corrected chi connectivity index (χ3v) is 5.44. The molecular weight excluding hydrogens is 415 g/mol. The lowest BCUT2D eigenvalue weighted by Crippen LogP contribution is -2.36. The number of nitrogens with zero attached hydrogens (tertiary/aromatic N) is 2. The third-order valence-electron chi connectivity index (χ3n) is 4.47. The molecule has 0 atom stereocenters. The van der Waals surface area contributed by atoms with E-state index in [-0.39, 0.29) is 29.8 Å². The number of thioether (sulfide) groups is 1. The molecule has 8 heteroatoms. The van der Waals surface area contributed by atoms with Gasteiger partial charge in [0.25, 0.3) is 0 Å². The van der Waals surface area contributed by atoms with Crippen molar-refractivity contribution in [2.24, 2.45) is 0 Å². The Hall–Kier alpha value is -3.13. The number of rotatable bonds is 9. The largest absolute Gasteiger partial charge is 0.354 e. The van der Waals surface area contributed by atoms with Crippen molar-refractivity contribution in [1.82, 2.24) is 20.2 Å². The molecule has 3 rings (SSSR count). The lowest BCUT2D eigenvalue weighted by Gasteiger charge is -2.10. The van der Waals surface area contributed by atoms with Gasteiger partial charge in [0, 0.05) is 31.2 Å². The Labute approximate surface area is 185 Å². The first-order valence-electron chi connectivity index (χ1n) is 9.93. The molecule has 0 aliphatic carbocycles. The second-order valence-electron chi connectivity index (χ2n) is 7.22. The maximum Gasteiger partial charge on any atom is 0.230 e. The van der Waals surface area contributed by atoms with Gasteiger partial charge in [0.1, 0.15) is 5.82 Å². The molecule has 2 N–H and O–H groups in total. The molecule has 1 heterocycles. The van der Waals surface area contributed by atoms with Crippen LogP contribution in [-0.2, 0) is 16.0 Å². The normalized spacial score (nSPS) is 10.7. The molecule has 0 aliphatic heterocycles. The second-order valence-corrected chi connectivity index (χ2v) is 8.16. The summed E-state index contributed by atoms with van der Waals surface area (Å²) in [5, 5.41) is 6.27. The topological polar surface area (TPSA) is 76.0 Å². The van der Waals surface area contributed by atoms with Gasteiger partial charge in [-0.25, -0.2) is 9.37 Å². The van der Waals surface area contributed by atoms with Crippen molar-refractivity contribution in [1.29, 1.82) is 0 Å². The fourth-order valence-corrected chi connectivity index (χ4v) is 3.92. The Bertz CT molecular complexity index is 1030. The van der Waals surface area contributed by atoms with E-state index in [4.69, 9.17) is 0 Å². The third kappa shape index (κ3) is 6.96. The minimum atomic E-state index is -0.332. The molecule has 3 aromatic rings. The van der Waals surface area contributed by atoms with Gasteiger partial charge in [-0.2, -0.15) is 0 Å². The van der Waals surface area contributed by atoms with E-state index in [1.807, 2.05) is 24.6 Å². The fourth-order valence-electron chi connectivity index (χ4n) is 3.12. The van der Waals surface area contributed by atoms with E-state index < -0.39 is 0 Å². The molecule has 0 spiro atoms. The average molecular weight is 441 g/mol. The molecular formula is C23H25FN4O2S. The van der Waals surface area contributed by atoms with E-state index in [2.05, 4.69) is 33.8 Å². The van der Waals surface area contributed by atoms with Crippen LogP contribution >= 0.6 is 11.8 Å². The molecule has 2 aromatic carbocycles. The number of nitrogens with one attached hydrogen (secondary N) is 2. The van der Waals surface area contributed by atoms with Crippen LogP contribution in [0, 0.1) is 19.7 Å². The summed E-state index contributed by atoms with van der Waals surface area (Å²) >= 11 is 1.36. The molecule has 6 nitrogen and oxygen atoms in total. The monoisotopic (exact) mass is 440 g/mol. The van der Waals surface area contributed by atoms with Crippen molar-refractivity contribution in [3.05, 3.63) is 77.4 Å². The number of aryl methyl sites for hydroxylation is 2. The molecule has 0 radical (unpaired) electrons. The minimum absolute atomic E-state index is 0.132. The zero-order chi connectivity index (χ0) is 22.2. The highest BCUT2D eigenvalue weighted by molar-refractivity contribution is 7.99. The van der Waals surface area contributed by atoms with Gasteiger partial charge in [0.2, 0.25) is 11.8 Å². The molecule has 0 bridgehead atoms. The number of hydrogen-bond acceptors (Lipinski definition) is 4. The number of hydrogen-bond donors (Lipinski definition) is 2. The Morgan fingerprint density at radius 2 is 1.65 bits per heavy atom. The summed E-state index contributed by atoms with van der Waals surface area (Å²) in [7, 11) is 0. The van der Waals surface area contributed by atoms with Crippen LogP contribution in [-0.4, -0.2) is 40.2 Å². The molecule has 0 aliphatic rings. The predicted molar refractivity (Wildman–Crippen MR) is 120 cm³/mol. The van der Waals surface area contributed by atoms with Crippen molar-refractivity contribution in [3.8, 4) is 5.69 Å². The summed E-state index contributed by atoms with van der Waals surface area (Å²) in [6.07, 6.45) is 3.77. The number of halogens is 1. The van der Waals surface area contributed by atoms with Gasteiger partial charge in [-0.05, 0) is 54.8 Å². The van der Waals surface area contributed by atoms with Crippen LogP contribution in [0.25, 0.3) is 5.69 Å². The molecule has 162 valence electrons. The van der Waals surface area contributed by atoms with Crippen molar-refractivity contribution >= 4 is 23.6 Å². The minimum Gasteiger partial charge on any atom is -0.354 e. The van der Waals surface area contributed by atoms with E-state index in [1.165, 1.54) is 35.0 Å². The van der Waals surface area contributed by atoms with Crippen molar-refractivity contribution < 1.29 is 14.0 Å². The van der Waals surface area contributed by atoms with E-state index in [1.54, 1.807) is 18.3 Å². The first-order valence-corrected chi connectivity index (χ1v) is 10.9. The standard InChI is InChI=1S/C23H25FN4O2S/c1-16-11-17(2)13-20(12-16)28-10-9-27-23(28)31-15-22(30)26-8-7-25-21(29)14-18-3-5-19(24)6-4-18/h3-6,9-13H,7-8,14-15H2,1-2H3,(H,25,29)(H,26,30). The summed E-state index contributed by atoms with van der Waals surface area (Å²) in [5.41, 5.74) is 4.08. The Kier molecular flexibility index (Phi) is 7.83. The van der Waals surface area contributed by atoms with Gasteiger partial charge in [-0.1, -0.05) is 30.0 Å². The van der Waals surface area contributed by atoms with Gasteiger partial charge in [0.15, 0.2) is 5.16 Å². The van der Waals surface area contributed by atoms with E-state index in [9.17, 15) is 14.0 Å². The molecule has 0 saturated heterocycles. The van der Waals surface area contributed by atoms with Crippen molar-refractivity contribution in [2.45, 2.75) is 25.4 Å². The van der Waals surface area contributed by atoms with Crippen LogP contribution in [0.15, 0.2) is 60.0 Å². The second kappa shape index (κ2) is 10.8. The SMILES string of the molecule is Cc1cc(C)cc(-n2ccnc2SCC(=O)NCCNC(=O)Cc2ccc(F)cc2)c1. The highest BCUT2D eigenvalue weighted by atomic mass is 32.2. The molecule has 1 aromatic heterocycles. The maximum absolute atomic E-state index is 12.9. The highest BCUT2D eigenvalue weighted by Gasteiger charge is 2.10. The number of carbonyl (C=O) groups excluding carboxylic acids is 2. The van der Waals surface area contributed by atoms with Crippen molar-refractivity contribution in [3.63, 3.8) is 0 Å². The number of aromatic nitrogens is 2. The Balaban J connectivity index is 1.40. The van der Waals surface area contributed by atoms with Gasteiger partial charge < -0.3 is 10.6 Å². The first kappa shape index (κ1) is 22.6. The maximum atomic E-state index is 12.9. The van der Waals surface area contributed by atoms with E-state index in [0.29, 0.717) is 13.1 Å². The molecule has 31 heavy (non-hydrogen) atoms. The van der Waals surface area contributed by atoms with E-state index in [0.717, 1.165) is 16.4 Å². The number of amides is 2.